The molecule has 0 fully saturated rings. The predicted molar refractivity (Wildman–Crippen MR) is 43.7 cm³/mol. The van der Waals surface area contributed by atoms with Crippen LogP contribution in [0, 0.1) is 0 Å². The van der Waals surface area contributed by atoms with Gasteiger partial charge in [0.1, 0.15) is 0 Å². The van der Waals surface area contributed by atoms with E-state index in [2.05, 4.69) is 10.0 Å². The Hall–Kier alpha value is -1.25. The van der Waals surface area contributed by atoms with Crippen LogP contribution in [0.3, 0.4) is 0 Å². The SMILES string of the molecule is CC(C)=C/C(=C\N=[N+]=[N-])CO. The van der Waals surface area contributed by atoms with Crippen molar-refractivity contribution in [3.8, 4) is 0 Å². The van der Waals surface area contributed by atoms with E-state index in [4.69, 9.17) is 10.6 Å². The summed E-state index contributed by atoms with van der Waals surface area (Å²) < 4.78 is 0. The summed E-state index contributed by atoms with van der Waals surface area (Å²) in [5, 5.41) is 11.9. The van der Waals surface area contributed by atoms with Gasteiger partial charge < -0.3 is 5.11 Å². The Morgan fingerprint density at radius 1 is 1.64 bits per heavy atom. The van der Waals surface area contributed by atoms with Gasteiger partial charge in [-0.25, -0.2) is 0 Å². The summed E-state index contributed by atoms with van der Waals surface area (Å²) in [4.78, 5) is 2.54. The number of azide groups is 1. The van der Waals surface area contributed by atoms with Crippen molar-refractivity contribution in [2.75, 3.05) is 6.61 Å². The smallest absolute Gasteiger partial charge is 0.0680 e. The van der Waals surface area contributed by atoms with Gasteiger partial charge in [-0.1, -0.05) is 16.8 Å². The minimum Gasteiger partial charge on any atom is -0.392 e. The quantitative estimate of drug-likeness (QED) is 0.287. The molecule has 0 aromatic carbocycles. The summed E-state index contributed by atoms with van der Waals surface area (Å²) >= 11 is 0. The highest BCUT2D eigenvalue weighted by atomic mass is 16.3. The van der Waals surface area contributed by atoms with Gasteiger partial charge in [0.2, 0.25) is 0 Å². The number of aliphatic hydroxyl groups excluding tert-OH is 1. The molecule has 60 valence electrons. The lowest BCUT2D eigenvalue weighted by Gasteiger charge is -1.94. The van der Waals surface area contributed by atoms with E-state index in [-0.39, 0.29) is 6.61 Å². The second-order valence-corrected chi connectivity index (χ2v) is 2.29. The molecule has 0 aromatic rings. The minimum absolute atomic E-state index is 0.107. The summed E-state index contributed by atoms with van der Waals surface area (Å²) in [6.45, 7) is 3.70. The first-order valence-corrected chi connectivity index (χ1v) is 3.19. The molecular weight excluding hydrogens is 142 g/mol. The van der Waals surface area contributed by atoms with Crippen LogP contribution in [0.4, 0.5) is 0 Å². The van der Waals surface area contributed by atoms with Gasteiger partial charge in [-0.15, -0.1) is 0 Å². The summed E-state index contributed by atoms with van der Waals surface area (Å²) in [5.74, 6) is 0. The highest BCUT2D eigenvalue weighted by Crippen LogP contribution is 2.00. The van der Waals surface area contributed by atoms with E-state index in [0.29, 0.717) is 5.57 Å². The first-order chi connectivity index (χ1) is 5.20. The van der Waals surface area contributed by atoms with Crippen LogP contribution < -0.4 is 0 Å². The molecule has 0 aliphatic rings. The molecule has 0 rings (SSSR count). The Kier molecular flexibility index (Phi) is 4.90. The topological polar surface area (TPSA) is 69.0 Å². The van der Waals surface area contributed by atoms with Gasteiger partial charge in [0.25, 0.3) is 0 Å². The maximum absolute atomic E-state index is 8.71. The number of rotatable bonds is 3. The average molecular weight is 153 g/mol. The van der Waals surface area contributed by atoms with Gasteiger partial charge in [-0.2, -0.15) is 0 Å². The molecule has 0 bridgehead atoms. The summed E-state index contributed by atoms with van der Waals surface area (Å²) in [7, 11) is 0. The molecule has 0 radical (unpaired) electrons. The maximum Gasteiger partial charge on any atom is 0.0680 e. The largest absolute Gasteiger partial charge is 0.392 e. The molecule has 0 saturated carbocycles. The van der Waals surface area contributed by atoms with E-state index in [1.54, 1.807) is 6.08 Å². The van der Waals surface area contributed by atoms with Crippen LogP contribution in [-0.4, -0.2) is 11.7 Å². The average Bonchev–Trinajstić information content (AvgIpc) is 1.97. The Balaban J connectivity index is 4.40. The van der Waals surface area contributed by atoms with E-state index >= 15 is 0 Å². The van der Waals surface area contributed by atoms with E-state index in [1.807, 2.05) is 13.8 Å². The Labute approximate surface area is 65.5 Å². The van der Waals surface area contributed by atoms with E-state index in [0.717, 1.165) is 5.57 Å². The van der Waals surface area contributed by atoms with Gasteiger partial charge >= 0.3 is 0 Å². The third kappa shape index (κ3) is 5.21. The normalized spacial score (nSPS) is 10.3. The molecule has 0 amide bonds. The molecule has 11 heavy (non-hydrogen) atoms. The number of hydrogen-bond donors (Lipinski definition) is 1. The molecule has 0 heterocycles. The van der Waals surface area contributed by atoms with Crippen molar-refractivity contribution >= 4 is 0 Å². The van der Waals surface area contributed by atoms with Crippen molar-refractivity contribution < 1.29 is 5.11 Å². The Morgan fingerprint density at radius 3 is 2.64 bits per heavy atom. The van der Waals surface area contributed by atoms with Crippen LogP contribution in [0.25, 0.3) is 10.4 Å². The molecule has 0 aromatic heterocycles. The molecule has 0 spiro atoms. The van der Waals surface area contributed by atoms with Gasteiger partial charge in [-0.3, -0.25) is 0 Å². The third-order valence-electron chi connectivity index (χ3n) is 0.932. The third-order valence-corrected chi connectivity index (χ3v) is 0.932. The summed E-state index contributed by atoms with van der Waals surface area (Å²) in [6.07, 6.45) is 3.06. The van der Waals surface area contributed by atoms with Crippen LogP contribution in [-0.2, 0) is 0 Å². The van der Waals surface area contributed by atoms with E-state index in [9.17, 15) is 0 Å². The van der Waals surface area contributed by atoms with Crippen molar-refractivity contribution in [1.82, 2.24) is 0 Å². The lowest BCUT2D eigenvalue weighted by Crippen LogP contribution is -1.85. The summed E-state index contributed by atoms with van der Waals surface area (Å²) in [5.41, 5.74) is 9.62. The van der Waals surface area contributed by atoms with Crippen LogP contribution in [0.15, 0.2) is 28.5 Å². The Morgan fingerprint density at radius 2 is 2.27 bits per heavy atom. The van der Waals surface area contributed by atoms with Crippen molar-refractivity contribution in [2.24, 2.45) is 5.11 Å². The predicted octanol–water partition coefficient (Wildman–Crippen LogP) is 2.14. The molecule has 0 aliphatic heterocycles. The first-order valence-electron chi connectivity index (χ1n) is 3.19. The fourth-order valence-electron chi connectivity index (χ4n) is 0.595. The number of allylic oxidation sites excluding steroid dienone is 1. The maximum atomic E-state index is 8.71. The van der Waals surface area contributed by atoms with Crippen LogP contribution in [0.2, 0.25) is 0 Å². The zero-order chi connectivity index (χ0) is 8.69. The standard InChI is InChI=1S/C7H11N3O/c1-6(2)3-7(5-11)4-9-10-8/h3-4,11H,5H2,1-2H3/b7-4+. The van der Waals surface area contributed by atoms with Gasteiger partial charge in [-0.05, 0) is 25.0 Å². The zero-order valence-electron chi connectivity index (χ0n) is 6.65. The molecule has 1 N–H and O–H groups in total. The zero-order valence-corrected chi connectivity index (χ0v) is 6.65. The molecule has 0 aliphatic carbocycles. The van der Waals surface area contributed by atoms with Crippen LogP contribution in [0.1, 0.15) is 13.8 Å². The van der Waals surface area contributed by atoms with Crippen molar-refractivity contribution in [2.45, 2.75) is 13.8 Å². The van der Waals surface area contributed by atoms with Crippen molar-refractivity contribution in [3.63, 3.8) is 0 Å². The molecule has 4 nitrogen and oxygen atoms in total. The second kappa shape index (κ2) is 5.53. The van der Waals surface area contributed by atoms with Crippen LogP contribution in [0.5, 0.6) is 0 Å². The van der Waals surface area contributed by atoms with Crippen LogP contribution >= 0.6 is 0 Å². The highest BCUT2D eigenvalue weighted by molar-refractivity contribution is 5.21. The molecular formula is C7H11N3O. The Bertz CT molecular complexity index is 220. The van der Waals surface area contributed by atoms with E-state index in [1.165, 1.54) is 6.20 Å². The lowest BCUT2D eigenvalue weighted by molar-refractivity contribution is 0.334. The fourth-order valence-corrected chi connectivity index (χ4v) is 0.595. The fraction of sp³-hybridized carbons (Fsp3) is 0.429. The molecule has 0 atom stereocenters. The number of hydrogen-bond acceptors (Lipinski definition) is 2. The lowest BCUT2D eigenvalue weighted by atomic mass is 10.2. The van der Waals surface area contributed by atoms with E-state index < -0.39 is 0 Å². The molecule has 4 heteroatoms. The number of nitrogens with zero attached hydrogens (tertiary/aromatic N) is 3. The molecule has 0 saturated heterocycles. The van der Waals surface area contributed by atoms with Gasteiger partial charge in [0.05, 0.1) is 6.61 Å². The monoisotopic (exact) mass is 153 g/mol. The first kappa shape index (κ1) is 9.75. The van der Waals surface area contributed by atoms with Crippen molar-refractivity contribution in [3.05, 3.63) is 33.9 Å². The second-order valence-electron chi connectivity index (χ2n) is 2.29. The van der Waals surface area contributed by atoms with Crippen molar-refractivity contribution in [1.29, 1.82) is 0 Å². The summed E-state index contributed by atoms with van der Waals surface area (Å²) in [6, 6.07) is 0. The minimum atomic E-state index is -0.107. The molecule has 0 unspecified atom stereocenters. The number of aliphatic hydroxyl groups is 1. The van der Waals surface area contributed by atoms with Gasteiger partial charge in [0.15, 0.2) is 0 Å². The van der Waals surface area contributed by atoms with Gasteiger partial charge in [0, 0.05) is 11.1 Å². The highest BCUT2D eigenvalue weighted by Gasteiger charge is 1.87.